The molecule has 2 heterocycles. The van der Waals surface area contributed by atoms with Crippen molar-refractivity contribution >= 4 is 58.2 Å². The molecule has 1 N–H and O–H groups in total. The molecule has 0 spiro atoms. The second kappa shape index (κ2) is 9.02. The van der Waals surface area contributed by atoms with Crippen LogP contribution < -0.4 is 9.64 Å². The number of imide groups is 2. The smallest absolute Gasteiger partial charge is 0.271 e. The van der Waals surface area contributed by atoms with Gasteiger partial charge in [0.1, 0.15) is 0 Å². The molecule has 13 heteroatoms. The summed E-state index contributed by atoms with van der Waals surface area (Å²) in [6, 6.07) is 9.68. The molecule has 0 bridgehead atoms. The molecule has 4 aliphatic rings. The van der Waals surface area contributed by atoms with Crippen molar-refractivity contribution in [3.63, 3.8) is 0 Å². The number of phenols is 1. The standard InChI is InChI=1S/C28H23Cl2N3O8/c1-31-25(37)27(29)12-18-16(22(28(27,30)26(31)38)13-6-9-19(34)20(10-13)41-2)7-8-17-21(18)24(36)32(23(17)35)14-4-3-5-15(11-14)33(39)40/h3-7,9-11,17-18,21-22,34H,8,12H2,1-2H3. The third kappa shape index (κ3) is 3.45. The average Bonchev–Trinajstić information content (AvgIpc) is 3.28. The number of aromatic hydroxyl groups is 1. The largest absolute Gasteiger partial charge is 0.504 e. The third-order valence-corrected chi connectivity index (χ3v) is 10.3. The number of fused-ring (bicyclic) bond motifs is 4. The molecule has 6 rings (SSSR count). The number of methoxy groups -OCH3 is 1. The first-order chi connectivity index (χ1) is 19.4. The number of benzene rings is 2. The normalized spacial score (nSPS) is 32.4. The minimum absolute atomic E-state index is 0.0694. The van der Waals surface area contributed by atoms with Crippen molar-refractivity contribution in [1.82, 2.24) is 4.90 Å². The molecule has 6 atom stereocenters. The zero-order valence-corrected chi connectivity index (χ0v) is 23.3. The maximum absolute atomic E-state index is 14.0. The van der Waals surface area contributed by atoms with Crippen molar-refractivity contribution in [2.24, 2.45) is 17.8 Å². The van der Waals surface area contributed by atoms with E-state index in [1.165, 1.54) is 44.5 Å². The minimum atomic E-state index is -1.97. The average molecular weight is 600 g/mol. The number of phenolic OH excluding ortho intramolecular Hbond substituents is 1. The molecular weight excluding hydrogens is 577 g/mol. The highest BCUT2D eigenvalue weighted by Crippen LogP contribution is 2.65. The Labute approximate surface area is 243 Å². The van der Waals surface area contributed by atoms with E-state index < -0.39 is 62.0 Å². The van der Waals surface area contributed by atoms with Crippen LogP contribution in [0.1, 0.15) is 24.3 Å². The third-order valence-electron chi connectivity index (χ3n) is 8.85. The van der Waals surface area contributed by atoms with Crippen LogP contribution in [0, 0.1) is 27.9 Å². The quantitative estimate of drug-likeness (QED) is 0.184. The Bertz CT molecular complexity index is 1610. The number of hydrogen-bond acceptors (Lipinski definition) is 8. The number of rotatable bonds is 4. The van der Waals surface area contributed by atoms with Crippen LogP contribution in [0.4, 0.5) is 11.4 Å². The number of nitrogens with zero attached hydrogens (tertiary/aromatic N) is 3. The summed E-state index contributed by atoms with van der Waals surface area (Å²) in [4.78, 5) is 63.4. The molecule has 3 fully saturated rings. The van der Waals surface area contributed by atoms with E-state index in [0.29, 0.717) is 11.1 Å². The van der Waals surface area contributed by atoms with Crippen molar-refractivity contribution in [2.45, 2.75) is 28.5 Å². The lowest BCUT2D eigenvalue weighted by atomic mass is 9.56. The van der Waals surface area contributed by atoms with Crippen LogP contribution in [0.25, 0.3) is 0 Å². The number of likely N-dealkylation sites (tertiary alicyclic amines) is 1. The van der Waals surface area contributed by atoms with Gasteiger partial charge in [-0.25, -0.2) is 4.90 Å². The molecular formula is C28H23Cl2N3O8. The van der Waals surface area contributed by atoms with Crippen molar-refractivity contribution in [1.29, 1.82) is 0 Å². The van der Waals surface area contributed by atoms with Gasteiger partial charge in [0.2, 0.25) is 11.8 Å². The number of allylic oxidation sites excluding steroid dienone is 2. The van der Waals surface area contributed by atoms with Crippen LogP contribution in [0.3, 0.4) is 0 Å². The lowest BCUT2D eigenvalue weighted by Gasteiger charge is -2.50. The Morgan fingerprint density at radius 3 is 2.46 bits per heavy atom. The maximum atomic E-state index is 14.0. The number of hydrogen-bond donors (Lipinski definition) is 1. The summed E-state index contributed by atoms with van der Waals surface area (Å²) in [7, 11) is 2.65. The highest BCUT2D eigenvalue weighted by atomic mass is 35.5. The molecule has 6 unspecified atom stereocenters. The van der Waals surface area contributed by atoms with Crippen LogP contribution in [0.15, 0.2) is 54.1 Å². The van der Waals surface area contributed by atoms with E-state index in [2.05, 4.69) is 0 Å². The highest BCUT2D eigenvalue weighted by molar-refractivity contribution is 6.53. The Hall–Kier alpha value is -3.96. The fourth-order valence-corrected chi connectivity index (χ4v) is 8.01. The molecule has 0 radical (unpaired) electrons. The fourth-order valence-electron chi connectivity index (χ4n) is 6.99. The first kappa shape index (κ1) is 27.2. The summed E-state index contributed by atoms with van der Waals surface area (Å²) in [6.45, 7) is 0. The van der Waals surface area contributed by atoms with Gasteiger partial charge in [-0.15, -0.1) is 23.2 Å². The van der Waals surface area contributed by atoms with E-state index in [0.717, 1.165) is 15.9 Å². The monoisotopic (exact) mass is 599 g/mol. The molecule has 2 aliphatic carbocycles. The van der Waals surface area contributed by atoms with Gasteiger partial charge >= 0.3 is 0 Å². The SMILES string of the molecule is COc1cc(C2C3=CCC4C(=O)N(c5cccc([N+](=O)[O-])c5)C(=O)C4C3CC3(Cl)C(=O)N(C)C(=O)C23Cl)ccc1O. The van der Waals surface area contributed by atoms with Crippen LogP contribution in [0.2, 0.25) is 0 Å². The predicted molar refractivity (Wildman–Crippen MR) is 146 cm³/mol. The van der Waals surface area contributed by atoms with Gasteiger partial charge in [0.25, 0.3) is 17.5 Å². The molecule has 2 aromatic rings. The molecule has 2 aromatic carbocycles. The van der Waals surface area contributed by atoms with Gasteiger partial charge in [-0.05, 0) is 42.5 Å². The number of nitro benzene ring substituents is 1. The molecule has 0 aromatic heterocycles. The van der Waals surface area contributed by atoms with Gasteiger partial charge in [-0.1, -0.05) is 23.8 Å². The van der Waals surface area contributed by atoms with Gasteiger partial charge in [-0.2, -0.15) is 0 Å². The number of amides is 4. The van der Waals surface area contributed by atoms with Crippen LogP contribution in [-0.4, -0.2) is 62.5 Å². The molecule has 212 valence electrons. The van der Waals surface area contributed by atoms with Gasteiger partial charge < -0.3 is 9.84 Å². The summed E-state index contributed by atoms with van der Waals surface area (Å²) in [5.41, 5.74) is 0.794. The van der Waals surface area contributed by atoms with Gasteiger partial charge in [-0.3, -0.25) is 34.2 Å². The highest BCUT2D eigenvalue weighted by Gasteiger charge is 2.75. The molecule has 4 amide bonds. The molecule has 1 saturated carbocycles. The maximum Gasteiger partial charge on any atom is 0.271 e. The van der Waals surface area contributed by atoms with Crippen LogP contribution >= 0.6 is 23.2 Å². The number of ether oxygens (including phenoxy) is 1. The number of halogens is 2. The minimum Gasteiger partial charge on any atom is -0.504 e. The first-order valence-corrected chi connectivity index (χ1v) is 13.5. The fraction of sp³-hybridized carbons (Fsp3) is 0.357. The number of carbonyl (C=O) groups excluding carboxylic acids is 4. The van der Waals surface area contributed by atoms with Crippen molar-refractivity contribution in [3.05, 3.63) is 69.8 Å². The topological polar surface area (TPSA) is 147 Å². The second-order valence-corrected chi connectivity index (χ2v) is 12.0. The summed E-state index contributed by atoms with van der Waals surface area (Å²) in [5, 5.41) is 21.6. The lowest BCUT2D eigenvalue weighted by molar-refractivity contribution is -0.384. The predicted octanol–water partition coefficient (Wildman–Crippen LogP) is 3.50. The van der Waals surface area contributed by atoms with E-state index in [1.807, 2.05) is 0 Å². The van der Waals surface area contributed by atoms with Crippen molar-refractivity contribution in [2.75, 3.05) is 19.1 Å². The van der Waals surface area contributed by atoms with Gasteiger partial charge in [0.05, 0.1) is 29.6 Å². The van der Waals surface area contributed by atoms with E-state index >= 15 is 0 Å². The van der Waals surface area contributed by atoms with E-state index in [4.69, 9.17) is 27.9 Å². The van der Waals surface area contributed by atoms with Gasteiger partial charge in [0, 0.05) is 25.1 Å². The van der Waals surface area contributed by atoms with Gasteiger partial charge in [0.15, 0.2) is 21.2 Å². The van der Waals surface area contributed by atoms with Crippen LogP contribution in [0.5, 0.6) is 11.5 Å². The Kier molecular flexibility index (Phi) is 5.99. The summed E-state index contributed by atoms with van der Waals surface area (Å²) in [6.07, 6.45) is 1.72. The second-order valence-electron chi connectivity index (χ2n) is 10.7. The summed E-state index contributed by atoms with van der Waals surface area (Å²) in [5.74, 6) is -6.09. The molecule has 2 aliphatic heterocycles. The lowest BCUT2D eigenvalue weighted by Crippen LogP contribution is -2.60. The number of carbonyl (C=O) groups is 4. The van der Waals surface area contributed by atoms with Crippen molar-refractivity contribution in [3.8, 4) is 11.5 Å². The first-order valence-electron chi connectivity index (χ1n) is 12.8. The molecule has 11 nitrogen and oxygen atoms in total. The number of anilines is 1. The van der Waals surface area contributed by atoms with E-state index in [9.17, 15) is 34.4 Å². The zero-order valence-electron chi connectivity index (χ0n) is 21.7. The summed E-state index contributed by atoms with van der Waals surface area (Å²) >= 11 is 14.2. The zero-order chi connectivity index (χ0) is 29.6. The molecule has 2 saturated heterocycles. The summed E-state index contributed by atoms with van der Waals surface area (Å²) < 4.78 is 5.28. The Balaban J connectivity index is 1.51. The van der Waals surface area contributed by atoms with Crippen molar-refractivity contribution < 1.29 is 33.9 Å². The number of non-ortho nitro benzene ring substituents is 1. The van der Waals surface area contributed by atoms with E-state index in [-0.39, 0.29) is 35.7 Å². The number of alkyl halides is 2. The van der Waals surface area contributed by atoms with Crippen LogP contribution in [-0.2, 0) is 19.2 Å². The van der Waals surface area contributed by atoms with E-state index in [1.54, 1.807) is 12.1 Å². The Morgan fingerprint density at radius 1 is 1.05 bits per heavy atom. The molecule has 41 heavy (non-hydrogen) atoms. The Morgan fingerprint density at radius 2 is 1.78 bits per heavy atom. The number of nitro groups is 1.